The van der Waals surface area contributed by atoms with Crippen molar-refractivity contribution < 1.29 is 21.9 Å². The molecule has 0 aliphatic carbocycles. The van der Waals surface area contributed by atoms with Gasteiger partial charge in [0, 0.05) is 6.07 Å². The first-order chi connectivity index (χ1) is 7.39. The van der Waals surface area contributed by atoms with Crippen molar-refractivity contribution in [2.75, 3.05) is 12.3 Å². The summed E-state index contributed by atoms with van der Waals surface area (Å²) < 4.78 is 52.1. The van der Waals surface area contributed by atoms with Gasteiger partial charge in [-0.3, -0.25) is 0 Å². The average molecular weight is 251 g/mol. The topological polar surface area (TPSA) is 69.4 Å². The molecule has 0 bridgehead atoms. The van der Waals surface area contributed by atoms with Crippen LogP contribution in [0.15, 0.2) is 23.1 Å². The van der Waals surface area contributed by atoms with Gasteiger partial charge in [0.1, 0.15) is 5.75 Å². The smallest absolute Gasteiger partial charge is 0.341 e. The number of halogens is 2. The van der Waals surface area contributed by atoms with E-state index in [4.69, 9.17) is 10.5 Å². The minimum atomic E-state index is -4.69. The molecular formula is C9H11F2NO3S. The molecule has 1 rings (SSSR count). The zero-order valence-electron chi connectivity index (χ0n) is 8.48. The predicted octanol–water partition coefficient (Wildman–Crippen LogP) is 1.66. The Morgan fingerprint density at radius 3 is 2.56 bits per heavy atom. The van der Waals surface area contributed by atoms with Gasteiger partial charge >= 0.3 is 5.76 Å². The Morgan fingerprint density at radius 1 is 1.44 bits per heavy atom. The number of anilines is 1. The van der Waals surface area contributed by atoms with Crippen LogP contribution < -0.4 is 10.5 Å². The van der Waals surface area contributed by atoms with Gasteiger partial charge in [-0.25, -0.2) is 8.42 Å². The van der Waals surface area contributed by atoms with Crippen LogP contribution in [0.1, 0.15) is 6.92 Å². The number of sulfone groups is 1. The van der Waals surface area contributed by atoms with Gasteiger partial charge in [-0.05, 0) is 19.1 Å². The van der Waals surface area contributed by atoms with Crippen LogP contribution in [0.25, 0.3) is 0 Å². The molecule has 4 nitrogen and oxygen atoms in total. The molecule has 0 atom stereocenters. The zero-order chi connectivity index (χ0) is 12.3. The first-order valence-electron chi connectivity index (χ1n) is 4.44. The van der Waals surface area contributed by atoms with Crippen molar-refractivity contribution in [3.05, 3.63) is 18.2 Å². The van der Waals surface area contributed by atoms with Crippen LogP contribution in [0.4, 0.5) is 14.5 Å². The number of benzene rings is 1. The van der Waals surface area contributed by atoms with Crippen LogP contribution in [0.2, 0.25) is 0 Å². The quantitative estimate of drug-likeness (QED) is 0.826. The molecule has 2 N–H and O–H groups in total. The van der Waals surface area contributed by atoms with Crippen LogP contribution in [0.5, 0.6) is 5.75 Å². The molecule has 1 aromatic carbocycles. The second-order valence-corrected chi connectivity index (χ2v) is 4.82. The maximum atomic E-state index is 12.3. The van der Waals surface area contributed by atoms with Gasteiger partial charge in [-0.1, -0.05) is 0 Å². The molecule has 0 saturated carbocycles. The Balaban J connectivity index is 3.27. The number of ether oxygens (including phenoxy) is 1. The lowest BCUT2D eigenvalue weighted by Crippen LogP contribution is -2.13. The first kappa shape index (κ1) is 12.7. The fraction of sp³-hybridized carbons (Fsp3) is 0.333. The highest BCUT2D eigenvalue weighted by atomic mass is 32.2. The van der Waals surface area contributed by atoms with Gasteiger partial charge in [0.05, 0.1) is 17.2 Å². The normalized spacial score (nSPS) is 11.8. The number of alkyl halides is 2. The molecule has 0 amide bonds. The average Bonchev–Trinajstić information content (AvgIpc) is 2.20. The molecule has 0 heterocycles. The van der Waals surface area contributed by atoms with Crippen LogP contribution in [-0.2, 0) is 9.84 Å². The van der Waals surface area contributed by atoms with Crippen LogP contribution in [0, 0.1) is 0 Å². The van der Waals surface area contributed by atoms with Crippen LogP contribution in [-0.4, -0.2) is 20.8 Å². The number of hydrogen-bond donors (Lipinski definition) is 1. The van der Waals surface area contributed by atoms with Crippen molar-refractivity contribution in [2.45, 2.75) is 17.6 Å². The van der Waals surface area contributed by atoms with Gasteiger partial charge in [0.25, 0.3) is 0 Å². The van der Waals surface area contributed by atoms with Gasteiger partial charge in [-0.15, -0.1) is 0 Å². The summed E-state index contributed by atoms with van der Waals surface area (Å²) in [4.78, 5) is -0.603. The summed E-state index contributed by atoms with van der Waals surface area (Å²) in [5.74, 6) is -3.30. The van der Waals surface area contributed by atoms with Crippen molar-refractivity contribution in [1.82, 2.24) is 0 Å². The zero-order valence-corrected chi connectivity index (χ0v) is 9.30. The molecule has 90 valence electrons. The molecule has 0 spiro atoms. The van der Waals surface area contributed by atoms with Crippen molar-refractivity contribution in [2.24, 2.45) is 0 Å². The van der Waals surface area contributed by atoms with Gasteiger partial charge < -0.3 is 10.5 Å². The SMILES string of the molecule is CCOc1ccc(N)c(S(=O)(=O)C(F)F)c1. The van der Waals surface area contributed by atoms with E-state index >= 15 is 0 Å². The number of nitrogens with two attached hydrogens (primary N) is 1. The molecule has 16 heavy (non-hydrogen) atoms. The van der Waals surface area contributed by atoms with Crippen LogP contribution in [0.3, 0.4) is 0 Å². The fourth-order valence-corrected chi connectivity index (χ4v) is 1.98. The molecule has 0 aromatic heterocycles. The molecule has 1 aromatic rings. The van der Waals surface area contributed by atoms with Crippen molar-refractivity contribution in [1.29, 1.82) is 0 Å². The summed E-state index contributed by atoms with van der Waals surface area (Å²) >= 11 is 0. The maximum absolute atomic E-state index is 12.3. The Kier molecular flexibility index (Phi) is 3.69. The molecular weight excluding hydrogens is 240 g/mol. The van der Waals surface area contributed by atoms with E-state index in [-0.39, 0.29) is 11.4 Å². The van der Waals surface area contributed by atoms with E-state index in [9.17, 15) is 17.2 Å². The van der Waals surface area contributed by atoms with E-state index in [0.717, 1.165) is 6.07 Å². The number of hydrogen-bond acceptors (Lipinski definition) is 4. The summed E-state index contributed by atoms with van der Waals surface area (Å²) in [6.45, 7) is 2.00. The Morgan fingerprint density at radius 2 is 2.06 bits per heavy atom. The lowest BCUT2D eigenvalue weighted by molar-refractivity contribution is 0.234. The Bertz CT molecular complexity index is 474. The third-order valence-corrected chi connectivity index (χ3v) is 3.27. The monoisotopic (exact) mass is 251 g/mol. The van der Waals surface area contributed by atoms with Crippen molar-refractivity contribution >= 4 is 15.5 Å². The minimum Gasteiger partial charge on any atom is -0.494 e. The molecule has 0 aliphatic rings. The van der Waals surface area contributed by atoms with Gasteiger partial charge in [0.2, 0.25) is 9.84 Å². The first-order valence-corrected chi connectivity index (χ1v) is 5.98. The lowest BCUT2D eigenvalue weighted by Gasteiger charge is -2.09. The fourth-order valence-electron chi connectivity index (χ4n) is 1.11. The Labute approximate surface area is 91.9 Å². The highest BCUT2D eigenvalue weighted by Crippen LogP contribution is 2.28. The second kappa shape index (κ2) is 4.65. The molecule has 0 radical (unpaired) electrons. The summed E-state index contributed by atoms with van der Waals surface area (Å²) in [6.07, 6.45) is 0. The van der Waals surface area contributed by atoms with E-state index < -0.39 is 20.5 Å². The standard InChI is InChI=1S/C9H11F2NO3S/c1-2-15-6-3-4-7(12)8(5-6)16(13,14)9(10)11/h3-5,9H,2,12H2,1H3. The third-order valence-electron chi connectivity index (χ3n) is 1.84. The largest absolute Gasteiger partial charge is 0.494 e. The molecule has 0 fully saturated rings. The molecule has 0 saturated heterocycles. The predicted molar refractivity (Wildman–Crippen MR) is 55.2 cm³/mol. The van der Waals surface area contributed by atoms with Gasteiger partial charge in [-0.2, -0.15) is 8.78 Å². The maximum Gasteiger partial charge on any atom is 0.341 e. The molecule has 0 unspecified atom stereocenters. The lowest BCUT2D eigenvalue weighted by atomic mass is 10.3. The van der Waals surface area contributed by atoms with Crippen molar-refractivity contribution in [3.8, 4) is 5.75 Å². The highest BCUT2D eigenvalue weighted by Gasteiger charge is 2.29. The molecule has 7 heteroatoms. The number of nitrogen functional groups attached to an aromatic ring is 1. The van der Waals surface area contributed by atoms with E-state index in [1.165, 1.54) is 12.1 Å². The highest BCUT2D eigenvalue weighted by molar-refractivity contribution is 7.91. The van der Waals surface area contributed by atoms with Crippen LogP contribution >= 0.6 is 0 Å². The Hall–Kier alpha value is -1.37. The van der Waals surface area contributed by atoms with E-state index in [1.807, 2.05) is 0 Å². The van der Waals surface area contributed by atoms with Crippen molar-refractivity contribution in [3.63, 3.8) is 0 Å². The third kappa shape index (κ3) is 2.41. The summed E-state index contributed by atoms with van der Waals surface area (Å²) in [5, 5.41) is 0. The number of rotatable bonds is 4. The second-order valence-electron chi connectivity index (χ2n) is 2.94. The summed E-state index contributed by atoms with van der Waals surface area (Å²) in [7, 11) is -4.69. The summed E-state index contributed by atoms with van der Waals surface area (Å²) in [6, 6.07) is 3.64. The van der Waals surface area contributed by atoms with E-state index in [0.29, 0.717) is 6.61 Å². The molecule has 0 aliphatic heterocycles. The summed E-state index contributed by atoms with van der Waals surface area (Å²) in [5.41, 5.74) is 5.12. The van der Waals surface area contributed by atoms with Gasteiger partial charge in [0.15, 0.2) is 0 Å². The van der Waals surface area contributed by atoms with E-state index in [1.54, 1.807) is 6.92 Å². The van der Waals surface area contributed by atoms with E-state index in [2.05, 4.69) is 0 Å². The minimum absolute atomic E-state index is 0.191.